The van der Waals surface area contributed by atoms with Crippen LogP contribution in [0.1, 0.15) is 29.6 Å². The highest BCUT2D eigenvalue weighted by Gasteiger charge is 2.25. The van der Waals surface area contributed by atoms with Crippen molar-refractivity contribution < 1.29 is 12.9 Å². The molecule has 1 N–H and O–H groups in total. The Kier molecular flexibility index (Phi) is 4.54. The first-order chi connectivity index (χ1) is 10.6. The van der Waals surface area contributed by atoms with Gasteiger partial charge in [0.15, 0.2) is 15.7 Å². The number of aromatic nitrogens is 2. The molecule has 1 aliphatic rings. The maximum Gasteiger partial charge on any atom is 0.241 e. The van der Waals surface area contributed by atoms with Crippen LogP contribution in [0.25, 0.3) is 0 Å². The molecule has 7 heteroatoms. The zero-order valence-electron chi connectivity index (χ0n) is 12.2. The number of nitrogens with zero attached hydrogens (tertiary/aromatic N) is 2. The molecule has 1 aromatic carbocycles. The Bertz CT molecular complexity index is 709. The van der Waals surface area contributed by atoms with E-state index in [0.29, 0.717) is 12.2 Å². The molecule has 1 saturated heterocycles. The van der Waals surface area contributed by atoms with Crippen LogP contribution < -0.4 is 5.32 Å². The van der Waals surface area contributed by atoms with Crippen molar-refractivity contribution >= 4 is 9.84 Å². The van der Waals surface area contributed by atoms with E-state index < -0.39 is 9.84 Å². The SMILES string of the molecule is O=S(=O)(CCCc1ccccc1)Cc1nc(C2CNC2)no1. The number of hydrogen-bond acceptors (Lipinski definition) is 6. The van der Waals surface area contributed by atoms with Crippen LogP contribution >= 0.6 is 0 Å². The number of nitrogens with one attached hydrogen (secondary N) is 1. The molecule has 1 aliphatic heterocycles. The topological polar surface area (TPSA) is 85.1 Å². The first-order valence-corrected chi connectivity index (χ1v) is 9.22. The molecule has 2 heterocycles. The third kappa shape index (κ3) is 3.92. The Labute approximate surface area is 129 Å². The van der Waals surface area contributed by atoms with E-state index in [4.69, 9.17) is 4.52 Å². The van der Waals surface area contributed by atoms with Crippen LogP contribution in [0.15, 0.2) is 34.9 Å². The first-order valence-electron chi connectivity index (χ1n) is 7.40. The lowest BCUT2D eigenvalue weighted by Crippen LogP contribution is -2.40. The van der Waals surface area contributed by atoms with Crippen LogP contribution in [0, 0.1) is 0 Å². The van der Waals surface area contributed by atoms with E-state index in [1.165, 1.54) is 0 Å². The highest BCUT2D eigenvalue weighted by Crippen LogP contribution is 2.17. The van der Waals surface area contributed by atoms with Crippen LogP contribution in [0.5, 0.6) is 0 Å². The van der Waals surface area contributed by atoms with Gasteiger partial charge in [-0.2, -0.15) is 4.98 Å². The molecule has 3 rings (SSSR count). The Morgan fingerprint density at radius 3 is 2.68 bits per heavy atom. The van der Waals surface area contributed by atoms with Gasteiger partial charge in [0.1, 0.15) is 5.75 Å². The number of benzene rings is 1. The van der Waals surface area contributed by atoms with Crippen molar-refractivity contribution in [1.29, 1.82) is 0 Å². The highest BCUT2D eigenvalue weighted by molar-refractivity contribution is 7.90. The summed E-state index contributed by atoms with van der Waals surface area (Å²) in [4.78, 5) is 4.19. The van der Waals surface area contributed by atoms with E-state index in [1.807, 2.05) is 30.3 Å². The molecule has 1 fully saturated rings. The van der Waals surface area contributed by atoms with Gasteiger partial charge in [-0.05, 0) is 18.4 Å². The largest absolute Gasteiger partial charge is 0.338 e. The quantitative estimate of drug-likeness (QED) is 0.827. The summed E-state index contributed by atoms with van der Waals surface area (Å²) >= 11 is 0. The summed E-state index contributed by atoms with van der Waals surface area (Å²) in [7, 11) is -3.22. The minimum atomic E-state index is -3.22. The van der Waals surface area contributed by atoms with Gasteiger partial charge in [-0.25, -0.2) is 8.42 Å². The average Bonchev–Trinajstić information content (AvgIpc) is 2.85. The molecule has 0 amide bonds. The lowest BCUT2D eigenvalue weighted by molar-refractivity contribution is 0.362. The summed E-state index contributed by atoms with van der Waals surface area (Å²) in [6, 6.07) is 9.87. The molecule has 22 heavy (non-hydrogen) atoms. The zero-order chi connectivity index (χ0) is 15.4. The van der Waals surface area contributed by atoms with Gasteiger partial charge in [0.05, 0.1) is 5.75 Å². The maximum absolute atomic E-state index is 12.1. The number of hydrogen-bond donors (Lipinski definition) is 1. The second kappa shape index (κ2) is 6.58. The fourth-order valence-electron chi connectivity index (χ4n) is 2.36. The summed E-state index contributed by atoms with van der Waals surface area (Å²) in [6.45, 7) is 1.64. The summed E-state index contributed by atoms with van der Waals surface area (Å²) in [5.74, 6) is 1.01. The van der Waals surface area contributed by atoms with E-state index in [0.717, 1.165) is 25.1 Å². The second-order valence-corrected chi connectivity index (χ2v) is 7.77. The van der Waals surface area contributed by atoms with Crippen molar-refractivity contribution in [3.8, 4) is 0 Å². The molecule has 0 bridgehead atoms. The lowest BCUT2D eigenvalue weighted by Gasteiger charge is -2.23. The Morgan fingerprint density at radius 2 is 2.00 bits per heavy atom. The standard InChI is InChI=1S/C15H19N3O3S/c19-22(20,8-4-7-12-5-2-1-3-6-12)11-14-17-15(18-21-14)13-9-16-10-13/h1-3,5-6,13,16H,4,7-11H2. The van der Waals surface area contributed by atoms with Crippen molar-refractivity contribution in [3.05, 3.63) is 47.6 Å². The molecular formula is C15H19N3O3S. The van der Waals surface area contributed by atoms with E-state index in [1.54, 1.807) is 0 Å². The molecule has 118 valence electrons. The van der Waals surface area contributed by atoms with Gasteiger partial charge < -0.3 is 9.84 Å². The predicted octanol–water partition coefficient (Wildman–Crippen LogP) is 1.30. The average molecular weight is 321 g/mol. The summed E-state index contributed by atoms with van der Waals surface area (Å²) in [5, 5.41) is 6.98. The summed E-state index contributed by atoms with van der Waals surface area (Å²) < 4.78 is 29.3. The van der Waals surface area contributed by atoms with Crippen molar-refractivity contribution in [2.45, 2.75) is 24.5 Å². The lowest BCUT2D eigenvalue weighted by atomic mass is 10.0. The van der Waals surface area contributed by atoms with Gasteiger partial charge in [-0.3, -0.25) is 0 Å². The van der Waals surface area contributed by atoms with Gasteiger partial charge in [0.2, 0.25) is 5.89 Å². The van der Waals surface area contributed by atoms with Gasteiger partial charge in [-0.15, -0.1) is 0 Å². The molecule has 2 aromatic rings. The van der Waals surface area contributed by atoms with Crippen LogP contribution in [-0.4, -0.2) is 37.4 Å². The maximum atomic E-state index is 12.1. The molecule has 0 unspecified atom stereocenters. The van der Waals surface area contributed by atoms with Crippen molar-refractivity contribution in [3.63, 3.8) is 0 Å². The molecule has 0 atom stereocenters. The minimum absolute atomic E-state index is 0.130. The van der Waals surface area contributed by atoms with Crippen LogP contribution in [0.3, 0.4) is 0 Å². The summed E-state index contributed by atoms with van der Waals surface area (Å²) in [5.41, 5.74) is 1.15. The molecule has 0 radical (unpaired) electrons. The van der Waals surface area contributed by atoms with Gasteiger partial charge >= 0.3 is 0 Å². The van der Waals surface area contributed by atoms with Gasteiger partial charge in [-0.1, -0.05) is 35.5 Å². The highest BCUT2D eigenvalue weighted by atomic mass is 32.2. The van der Waals surface area contributed by atoms with Crippen molar-refractivity contribution in [2.75, 3.05) is 18.8 Å². The molecule has 0 saturated carbocycles. The van der Waals surface area contributed by atoms with E-state index in [-0.39, 0.29) is 23.3 Å². The third-order valence-corrected chi connectivity index (χ3v) is 5.33. The van der Waals surface area contributed by atoms with E-state index >= 15 is 0 Å². The van der Waals surface area contributed by atoms with Crippen molar-refractivity contribution in [2.24, 2.45) is 0 Å². The smallest absolute Gasteiger partial charge is 0.241 e. The summed E-state index contributed by atoms with van der Waals surface area (Å²) in [6.07, 6.45) is 1.35. The third-order valence-electron chi connectivity index (χ3n) is 3.74. The van der Waals surface area contributed by atoms with Crippen LogP contribution in [0.2, 0.25) is 0 Å². The number of sulfone groups is 1. The normalized spacial score (nSPS) is 15.6. The predicted molar refractivity (Wildman–Crippen MR) is 82.2 cm³/mol. The Hall–Kier alpha value is -1.73. The minimum Gasteiger partial charge on any atom is -0.338 e. The van der Waals surface area contributed by atoms with Crippen LogP contribution in [-0.2, 0) is 22.0 Å². The monoisotopic (exact) mass is 321 g/mol. The van der Waals surface area contributed by atoms with Crippen LogP contribution in [0.4, 0.5) is 0 Å². The Balaban J connectivity index is 1.51. The van der Waals surface area contributed by atoms with E-state index in [2.05, 4.69) is 15.5 Å². The van der Waals surface area contributed by atoms with Gasteiger partial charge in [0.25, 0.3) is 0 Å². The molecule has 6 nitrogen and oxygen atoms in total. The fourth-order valence-corrected chi connectivity index (χ4v) is 3.59. The zero-order valence-corrected chi connectivity index (χ0v) is 13.1. The Morgan fingerprint density at radius 1 is 1.23 bits per heavy atom. The molecular weight excluding hydrogens is 302 g/mol. The number of rotatable bonds is 7. The van der Waals surface area contributed by atoms with Crippen molar-refractivity contribution in [1.82, 2.24) is 15.5 Å². The number of aryl methyl sites for hydroxylation is 1. The molecule has 1 aromatic heterocycles. The van der Waals surface area contributed by atoms with Gasteiger partial charge in [0, 0.05) is 19.0 Å². The fraction of sp³-hybridized carbons (Fsp3) is 0.467. The second-order valence-electron chi connectivity index (χ2n) is 5.58. The molecule has 0 aliphatic carbocycles. The van der Waals surface area contributed by atoms with E-state index in [9.17, 15) is 8.42 Å². The molecule has 0 spiro atoms. The first kappa shape index (κ1) is 15.2.